The molecule has 1 heterocycles. The minimum absolute atomic E-state index is 0.192. The van der Waals surface area contributed by atoms with Gasteiger partial charge in [-0.3, -0.25) is 14.6 Å². The predicted molar refractivity (Wildman–Crippen MR) is 88.7 cm³/mol. The Labute approximate surface area is 139 Å². The van der Waals surface area contributed by atoms with Crippen LogP contribution < -0.4 is 9.47 Å². The minimum atomic E-state index is -1.05. The average molecular weight is 327 g/mol. The number of carbonyl (C=O) groups is 2. The molecule has 24 heavy (non-hydrogen) atoms. The van der Waals surface area contributed by atoms with Crippen LogP contribution in [0.1, 0.15) is 24.0 Å². The zero-order chi connectivity index (χ0) is 17.4. The van der Waals surface area contributed by atoms with Crippen LogP contribution in [0, 0.1) is 0 Å². The smallest absolute Gasteiger partial charge is 0.311 e. The van der Waals surface area contributed by atoms with E-state index in [0.717, 1.165) is 11.1 Å². The van der Waals surface area contributed by atoms with Gasteiger partial charge in [0, 0.05) is 12.4 Å². The first-order valence-electron chi connectivity index (χ1n) is 7.27. The van der Waals surface area contributed by atoms with E-state index in [4.69, 9.17) is 14.6 Å². The Balaban J connectivity index is 2.08. The highest BCUT2D eigenvalue weighted by Crippen LogP contribution is 2.29. The van der Waals surface area contributed by atoms with E-state index in [2.05, 4.69) is 4.98 Å². The molecule has 1 aromatic carbocycles. The SMILES string of the molecule is COc1cc(/C=C/c2ccncc2)ccc1OC(=O)CCC(=O)O. The molecule has 6 heteroatoms. The van der Waals surface area contributed by atoms with Crippen molar-refractivity contribution in [1.29, 1.82) is 0 Å². The summed E-state index contributed by atoms with van der Waals surface area (Å²) >= 11 is 0. The Bertz CT molecular complexity index is 740. The van der Waals surface area contributed by atoms with Crippen molar-refractivity contribution in [2.24, 2.45) is 0 Å². The fourth-order valence-electron chi connectivity index (χ4n) is 1.92. The van der Waals surface area contributed by atoms with Gasteiger partial charge >= 0.3 is 11.9 Å². The molecule has 1 aromatic heterocycles. The number of nitrogens with zero attached hydrogens (tertiary/aromatic N) is 1. The number of methoxy groups -OCH3 is 1. The van der Waals surface area contributed by atoms with Crippen molar-refractivity contribution < 1.29 is 24.2 Å². The van der Waals surface area contributed by atoms with Crippen molar-refractivity contribution in [1.82, 2.24) is 4.98 Å². The predicted octanol–water partition coefficient (Wildman–Crippen LogP) is 3.03. The number of ether oxygens (including phenoxy) is 2. The molecule has 0 spiro atoms. The second kappa shape index (κ2) is 8.47. The number of aromatic nitrogens is 1. The van der Waals surface area contributed by atoms with Gasteiger partial charge in [-0.15, -0.1) is 0 Å². The summed E-state index contributed by atoms with van der Waals surface area (Å²) < 4.78 is 10.4. The minimum Gasteiger partial charge on any atom is -0.493 e. The van der Waals surface area contributed by atoms with Crippen LogP contribution in [0.15, 0.2) is 42.7 Å². The van der Waals surface area contributed by atoms with Gasteiger partial charge in [-0.05, 0) is 35.4 Å². The van der Waals surface area contributed by atoms with Gasteiger partial charge < -0.3 is 14.6 Å². The summed E-state index contributed by atoms with van der Waals surface area (Å²) in [6, 6.07) is 8.89. The number of carboxylic acid groups (broad SMARTS) is 1. The van der Waals surface area contributed by atoms with E-state index >= 15 is 0 Å². The first-order valence-corrected chi connectivity index (χ1v) is 7.27. The number of carbonyl (C=O) groups excluding carboxylic acids is 1. The molecular formula is C18H17NO5. The Hall–Kier alpha value is -3.15. The van der Waals surface area contributed by atoms with Gasteiger partial charge in [-0.1, -0.05) is 18.2 Å². The molecule has 2 rings (SSSR count). The fraction of sp³-hybridized carbons (Fsp3) is 0.167. The van der Waals surface area contributed by atoms with Gasteiger partial charge in [-0.2, -0.15) is 0 Å². The molecule has 0 fully saturated rings. The van der Waals surface area contributed by atoms with E-state index in [1.54, 1.807) is 30.6 Å². The summed E-state index contributed by atoms with van der Waals surface area (Å²) in [5.41, 5.74) is 1.88. The summed E-state index contributed by atoms with van der Waals surface area (Å²) in [7, 11) is 1.47. The summed E-state index contributed by atoms with van der Waals surface area (Å²) in [5.74, 6) is -1.00. The third-order valence-electron chi connectivity index (χ3n) is 3.13. The molecule has 0 bridgehead atoms. The first-order chi connectivity index (χ1) is 11.6. The van der Waals surface area contributed by atoms with Crippen molar-refractivity contribution in [2.75, 3.05) is 7.11 Å². The van der Waals surface area contributed by atoms with Crippen LogP contribution >= 0.6 is 0 Å². The molecule has 0 aliphatic rings. The van der Waals surface area contributed by atoms with Gasteiger partial charge in [0.15, 0.2) is 11.5 Å². The number of hydrogen-bond acceptors (Lipinski definition) is 5. The molecule has 0 saturated heterocycles. The lowest BCUT2D eigenvalue weighted by Crippen LogP contribution is -2.10. The number of benzene rings is 1. The molecule has 0 saturated carbocycles. The van der Waals surface area contributed by atoms with Gasteiger partial charge in [0.25, 0.3) is 0 Å². The molecule has 0 radical (unpaired) electrons. The number of carboxylic acids is 1. The van der Waals surface area contributed by atoms with Crippen molar-refractivity contribution >= 4 is 24.1 Å². The Morgan fingerprint density at radius 3 is 2.42 bits per heavy atom. The first kappa shape index (κ1) is 17.2. The Morgan fingerprint density at radius 2 is 1.75 bits per heavy atom. The van der Waals surface area contributed by atoms with Gasteiger partial charge in [0.1, 0.15) is 0 Å². The van der Waals surface area contributed by atoms with E-state index in [0.29, 0.717) is 5.75 Å². The molecule has 0 unspecified atom stereocenters. The highest BCUT2D eigenvalue weighted by Gasteiger charge is 2.12. The quantitative estimate of drug-likeness (QED) is 0.621. The van der Waals surface area contributed by atoms with Crippen LogP contribution in [-0.2, 0) is 9.59 Å². The molecule has 0 amide bonds. The zero-order valence-electron chi connectivity index (χ0n) is 13.1. The summed E-state index contributed by atoms with van der Waals surface area (Å²) in [4.78, 5) is 26.0. The molecule has 124 valence electrons. The second-order valence-corrected chi connectivity index (χ2v) is 4.89. The molecule has 0 aliphatic heterocycles. The molecular weight excluding hydrogens is 310 g/mol. The fourth-order valence-corrected chi connectivity index (χ4v) is 1.92. The number of esters is 1. The lowest BCUT2D eigenvalue weighted by Gasteiger charge is -2.09. The van der Waals surface area contributed by atoms with E-state index in [1.165, 1.54) is 7.11 Å². The van der Waals surface area contributed by atoms with Crippen molar-refractivity contribution in [3.63, 3.8) is 0 Å². The summed E-state index contributed by atoms with van der Waals surface area (Å²) in [6.45, 7) is 0. The standard InChI is InChI=1S/C18H17NO5/c1-23-16-12-14(3-2-13-8-10-19-11-9-13)4-5-15(16)24-18(22)7-6-17(20)21/h2-5,8-12H,6-7H2,1H3,(H,20,21)/b3-2+. The van der Waals surface area contributed by atoms with Crippen LogP contribution in [-0.4, -0.2) is 29.1 Å². The van der Waals surface area contributed by atoms with Gasteiger partial charge in [-0.25, -0.2) is 0 Å². The van der Waals surface area contributed by atoms with Crippen LogP contribution in [0.3, 0.4) is 0 Å². The topological polar surface area (TPSA) is 85.7 Å². The molecule has 0 aliphatic carbocycles. The summed E-state index contributed by atoms with van der Waals surface area (Å²) in [6.07, 6.45) is 6.78. The van der Waals surface area contributed by atoms with E-state index < -0.39 is 11.9 Å². The number of aliphatic carboxylic acids is 1. The second-order valence-electron chi connectivity index (χ2n) is 4.89. The zero-order valence-corrected chi connectivity index (χ0v) is 13.1. The lowest BCUT2D eigenvalue weighted by molar-refractivity contribution is -0.142. The van der Waals surface area contributed by atoms with Crippen LogP contribution in [0.5, 0.6) is 11.5 Å². The maximum absolute atomic E-state index is 11.6. The normalized spacial score (nSPS) is 10.5. The van der Waals surface area contributed by atoms with Gasteiger partial charge in [0.2, 0.25) is 0 Å². The Kier molecular flexibility index (Phi) is 6.08. The third kappa shape index (κ3) is 5.24. The van der Waals surface area contributed by atoms with Crippen molar-refractivity contribution in [3.8, 4) is 11.5 Å². The van der Waals surface area contributed by atoms with E-state index in [-0.39, 0.29) is 18.6 Å². The van der Waals surface area contributed by atoms with Gasteiger partial charge in [0.05, 0.1) is 20.0 Å². The number of pyridine rings is 1. The largest absolute Gasteiger partial charge is 0.493 e. The van der Waals surface area contributed by atoms with Crippen molar-refractivity contribution in [2.45, 2.75) is 12.8 Å². The average Bonchev–Trinajstić information content (AvgIpc) is 2.60. The lowest BCUT2D eigenvalue weighted by atomic mass is 10.1. The highest BCUT2D eigenvalue weighted by molar-refractivity contribution is 5.79. The maximum Gasteiger partial charge on any atom is 0.311 e. The monoisotopic (exact) mass is 327 g/mol. The highest BCUT2D eigenvalue weighted by atomic mass is 16.6. The molecule has 6 nitrogen and oxygen atoms in total. The number of rotatable bonds is 7. The van der Waals surface area contributed by atoms with Crippen LogP contribution in [0.2, 0.25) is 0 Å². The summed E-state index contributed by atoms with van der Waals surface area (Å²) in [5, 5.41) is 8.57. The molecule has 1 N–H and O–H groups in total. The Morgan fingerprint density at radius 1 is 1.04 bits per heavy atom. The maximum atomic E-state index is 11.6. The van der Waals surface area contributed by atoms with Crippen LogP contribution in [0.4, 0.5) is 0 Å². The van der Waals surface area contributed by atoms with Crippen molar-refractivity contribution in [3.05, 3.63) is 53.9 Å². The molecule has 2 aromatic rings. The van der Waals surface area contributed by atoms with Crippen LogP contribution in [0.25, 0.3) is 12.2 Å². The van der Waals surface area contributed by atoms with E-state index in [1.807, 2.05) is 24.3 Å². The third-order valence-corrected chi connectivity index (χ3v) is 3.13. The van der Waals surface area contributed by atoms with E-state index in [9.17, 15) is 9.59 Å². The molecule has 0 atom stereocenters. The number of hydrogen-bond donors (Lipinski definition) is 1.